The summed E-state index contributed by atoms with van der Waals surface area (Å²) < 4.78 is 0. The Bertz CT molecular complexity index is 488. The van der Waals surface area contributed by atoms with E-state index in [1.54, 1.807) is 0 Å². The van der Waals surface area contributed by atoms with E-state index in [0.717, 1.165) is 19.6 Å². The van der Waals surface area contributed by atoms with Crippen molar-refractivity contribution in [2.75, 3.05) is 26.7 Å². The summed E-state index contributed by atoms with van der Waals surface area (Å²) in [6.45, 7) is 11.3. The maximum atomic E-state index is 12.5. The fourth-order valence-electron chi connectivity index (χ4n) is 2.98. The standard InChI is InChI=1S/C18H28N2O/c1-13-6-8-16(9-7-13)18(3,4)12-20(5)17(21)14(2)15-10-19-11-15/h6-9,14-15,19H,10-12H2,1-5H3. The van der Waals surface area contributed by atoms with Crippen LogP contribution in [0.3, 0.4) is 0 Å². The number of rotatable bonds is 5. The van der Waals surface area contributed by atoms with Crippen LogP contribution in [0.5, 0.6) is 0 Å². The molecule has 0 saturated carbocycles. The van der Waals surface area contributed by atoms with Gasteiger partial charge in [-0.15, -0.1) is 0 Å². The van der Waals surface area contributed by atoms with Crippen LogP contribution in [-0.2, 0) is 10.2 Å². The van der Waals surface area contributed by atoms with Crippen molar-refractivity contribution in [2.24, 2.45) is 11.8 Å². The smallest absolute Gasteiger partial charge is 0.225 e. The molecule has 3 nitrogen and oxygen atoms in total. The van der Waals surface area contributed by atoms with Gasteiger partial charge < -0.3 is 10.2 Å². The van der Waals surface area contributed by atoms with Gasteiger partial charge in [0.2, 0.25) is 5.91 Å². The van der Waals surface area contributed by atoms with Crippen LogP contribution in [0.1, 0.15) is 31.9 Å². The van der Waals surface area contributed by atoms with E-state index in [4.69, 9.17) is 0 Å². The van der Waals surface area contributed by atoms with Crippen LogP contribution >= 0.6 is 0 Å². The lowest BCUT2D eigenvalue weighted by molar-refractivity contribution is -0.136. The molecule has 1 atom stereocenters. The lowest BCUT2D eigenvalue weighted by Gasteiger charge is -2.36. The number of carbonyl (C=O) groups is 1. The molecule has 1 heterocycles. The van der Waals surface area contributed by atoms with E-state index in [1.807, 2.05) is 11.9 Å². The number of hydrogen-bond donors (Lipinski definition) is 1. The van der Waals surface area contributed by atoms with E-state index in [2.05, 4.69) is 57.3 Å². The molecule has 0 bridgehead atoms. The summed E-state index contributed by atoms with van der Waals surface area (Å²) in [5.74, 6) is 0.884. The second-order valence-corrected chi connectivity index (χ2v) is 7.15. The van der Waals surface area contributed by atoms with Gasteiger partial charge in [0.1, 0.15) is 0 Å². The summed E-state index contributed by atoms with van der Waals surface area (Å²) in [6, 6.07) is 8.63. The third-order valence-electron chi connectivity index (χ3n) is 4.75. The highest BCUT2D eigenvalue weighted by atomic mass is 16.2. The molecule has 1 N–H and O–H groups in total. The molecule has 1 unspecified atom stereocenters. The van der Waals surface area contributed by atoms with Crippen LogP contribution in [-0.4, -0.2) is 37.5 Å². The minimum absolute atomic E-state index is 0.0321. The largest absolute Gasteiger partial charge is 0.345 e. The molecule has 116 valence electrons. The zero-order valence-corrected chi connectivity index (χ0v) is 13.9. The molecule has 1 aliphatic rings. The summed E-state index contributed by atoms with van der Waals surface area (Å²) in [5, 5.41) is 3.24. The Morgan fingerprint density at radius 3 is 2.38 bits per heavy atom. The lowest BCUT2D eigenvalue weighted by atomic mass is 9.83. The molecule has 1 aromatic rings. The molecule has 1 aromatic carbocycles. The SMILES string of the molecule is Cc1ccc(C(C)(C)CN(C)C(=O)C(C)C2CNC2)cc1. The molecule has 0 spiro atoms. The predicted octanol–water partition coefficient (Wildman–Crippen LogP) is 2.59. The van der Waals surface area contributed by atoms with Crippen LogP contribution in [0, 0.1) is 18.8 Å². The van der Waals surface area contributed by atoms with Crippen LogP contribution in [0.2, 0.25) is 0 Å². The van der Waals surface area contributed by atoms with Crippen LogP contribution < -0.4 is 5.32 Å². The van der Waals surface area contributed by atoms with Gasteiger partial charge in [0.15, 0.2) is 0 Å². The number of carbonyl (C=O) groups excluding carboxylic acids is 1. The molecule has 1 aliphatic heterocycles. The average molecular weight is 288 g/mol. The highest BCUT2D eigenvalue weighted by Crippen LogP contribution is 2.26. The lowest BCUT2D eigenvalue weighted by Crippen LogP contribution is -2.51. The average Bonchev–Trinajstić information content (AvgIpc) is 2.35. The number of amides is 1. The maximum Gasteiger partial charge on any atom is 0.225 e. The zero-order chi connectivity index (χ0) is 15.6. The fraction of sp³-hybridized carbons (Fsp3) is 0.611. The van der Waals surface area contributed by atoms with Gasteiger partial charge in [0.05, 0.1) is 0 Å². The molecule has 0 aromatic heterocycles. The Balaban J connectivity index is 2.01. The second-order valence-electron chi connectivity index (χ2n) is 7.15. The highest BCUT2D eigenvalue weighted by Gasteiger charge is 2.32. The Morgan fingerprint density at radius 1 is 1.33 bits per heavy atom. The van der Waals surface area contributed by atoms with Gasteiger partial charge in [0.25, 0.3) is 0 Å². The van der Waals surface area contributed by atoms with Gasteiger partial charge in [-0.25, -0.2) is 0 Å². The van der Waals surface area contributed by atoms with Crippen molar-refractivity contribution < 1.29 is 4.79 Å². The van der Waals surface area contributed by atoms with Crippen molar-refractivity contribution >= 4 is 5.91 Å². The second kappa shape index (κ2) is 6.18. The van der Waals surface area contributed by atoms with Crippen LogP contribution in [0.4, 0.5) is 0 Å². The Hall–Kier alpha value is -1.35. The van der Waals surface area contributed by atoms with E-state index in [0.29, 0.717) is 5.92 Å². The van der Waals surface area contributed by atoms with Gasteiger partial charge in [-0.3, -0.25) is 4.79 Å². The molecule has 0 radical (unpaired) electrons. The maximum absolute atomic E-state index is 12.5. The summed E-state index contributed by atoms with van der Waals surface area (Å²) in [5.41, 5.74) is 2.52. The number of aryl methyl sites for hydroxylation is 1. The molecular weight excluding hydrogens is 260 g/mol. The molecule has 1 amide bonds. The van der Waals surface area contributed by atoms with Gasteiger partial charge in [0, 0.05) is 24.9 Å². The first-order valence-electron chi connectivity index (χ1n) is 7.84. The van der Waals surface area contributed by atoms with Gasteiger partial charge in [-0.05, 0) is 31.5 Å². The topological polar surface area (TPSA) is 32.3 Å². The summed E-state index contributed by atoms with van der Waals surface area (Å²) in [7, 11) is 1.93. The van der Waals surface area contributed by atoms with Gasteiger partial charge in [-0.2, -0.15) is 0 Å². The molecular formula is C18H28N2O. The third-order valence-corrected chi connectivity index (χ3v) is 4.75. The summed E-state index contributed by atoms with van der Waals surface area (Å²) in [6.07, 6.45) is 0. The molecule has 3 heteroatoms. The number of hydrogen-bond acceptors (Lipinski definition) is 2. The first kappa shape index (κ1) is 16.0. The van der Waals surface area contributed by atoms with Crippen molar-refractivity contribution in [3.8, 4) is 0 Å². The molecule has 2 rings (SSSR count). The minimum atomic E-state index is -0.0321. The first-order valence-corrected chi connectivity index (χ1v) is 7.84. The van der Waals surface area contributed by atoms with Crippen LogP contribution in [0.25, 0.3) is 0 Å². The summed E-state index contributed by atoms with van der Waals surface area (Å²) >= 11 is 0. The van der Waals surface area contributed by atoms with Gasteiger partial charge in [-0.1, -0.05) is 50.6 Å². The Morgan fingerprint density at radius 2 is 1.90 bits per heavy atom. The normalized spacial score (nSPS) is 17.2. The Kier molecular flexibility index (Phi) is 4.72. The molecule has 1 saturated heterocycles. The number of benzene rings is 1. The highest BCUT2D eigenvalue weighted by molar-refractivity contribution is 5.78. The number of nitrogens with zero attached hydrogens (tertiary/aromatic N) is 1. The van der Waals surface area contributed by atoms with Crippen molar-refractivity contribution in [2.45, 2.75) is 33.1 Å². The van der Waals surface area contributed by atoms with E-state index < -0.39 is 0 Å². The number of likely N-dealkylation sites (N-methyl/N-ethyl adjacent to an activating group) is 1. The third kappa shape index (κ3) is 3.65. The van der Waals surface area contributed by atoms with Crippen molar-refractivity contribution in [1.82, 2.24) is 10.2 Å². The van der Waals surface area contributed by atoms with E-state index in [9.17, 15) is 4.79 Å². The van der Waals surface area contributed by atoms with E-state index >= 15 is 0 Å². The summed E-state index contributed by atoms with van der Waals surface area (Å²) in [4.78, 5) is 14.4. The van der Waals surface area contributed by atoms with Crippen molar-refractivity contribution in [3.05, 3.63) is 35.4 Å². The zero-order valence-electron chi connectivity index (χ0n) is 13.9. The molecule has 0 aliphatic carbocycles. The van der Waals surface area contributed by atoms with E-state index in [1.165, 1.54) is 11.1 Å². The van der Waals surface area contributed by atoms with E-state index in [-0.39, 0.29) is 17.2 Å². The predicted molar refractivity (Wildman–Crippen MR) is 87.4 cm³/mol. The fourth-order valence-corrected chi connectivity index (χ4v) is 2.98. The monoisotopic (exact) mass is 288 g/mol. The quantitative estimate of drug-likeness (QED) is 0.903. The molecule has 21 heavy (non-hydrogen) atoms. The Labute approximate surface area is 128 Å². The first-order chi connectivity index (χ1) is 9.81. The van der Waals surface area contributed by atoms with Gasteiger partial charge >= 0.3 is 0 Å². The minimum Gasteiger partial charge on any atom is -0.345 e. The number of nitrogens with one attached hydrogen (secondary N) is 1. The van der Waals surface area contributed by atoms with Crippen molar-refractivity contribution in [3.63, 3.8) is 0 Å². The van der Waals surface area contributed by atoms with Crippen molar-refractivity contribution in [1.29, 1.82) is 0 Å². The van der Waals surface area contributed by atoms with Crippen LogP contribution in [0.15, 0.2) is 24.3 Å². The molecule has 1 fully saturated rings.